The van der Waals surface area contributed by atoms with Crippen molar-refractivity contribution in [2.75, 3.05) is 0 Å². The average molecular weight is 255 g/mol. The molecule has 1 rings (SSSR count). The van der Waals surface area contributed by atoms with Gasteiger partial charge in [-0.05, 0) is 25.0 Å². The van der Waals surface area contributed by atoms with Crippen molar-refractivity contribution in [2.45, 2.75) is 38.8 Å². The summed E-state index contributed by atoms with van der Waals surface area (Å²) in [5.41, 5.74) is 6.65. The van der Waals surface area contributed by atoms with Crippen LogP contribution in [0.1, 0.15) is 38.3 Å². The third-order valence-corrected chi connectivity index (χ3v) is 3.07. The van der Waals surface area contributed by atoms with Crippen LogP contribution >= 0.6 is 11.6 Å². The maximum absolute atomic E-state index is 11.7. The third-order valence-electron chi connectivity index (χ3n) is 2.72. The molecule has 4 heteroatoms. The Kier molecular flexibility index (Phi) is 5.45. The molecule has 0 fully saturated rings. The molecule has 1 unspecified atom stereocenters. The van der Waals surface area contributed by atoms with E-state index < -0.39 is 0 Å². The van der Waals surface area contributed by atoms with Gasteiger partial charge in [0.2, 0.25) is 5.91 Å². The van der Waals surface area contributed by atoms with E-state index in [0.717, 1.165) is 12.0 Å². The van der Waals surface area contributed by atoms with Crippen LogP contribution in [-0.4, -0.2) is 11.9 Å². The summed E-state index contributed by atoms with van der Waals surface area (Å²) >= 11 is 6.06. The van der Waals surface area contributed by atoms with Crippen LogP contribution in [0.5, 0.6) is 0 Å². The zero-order valence-corrected chi connectivity index (χ0v) is 11.0. The molecule has 1 amide bonds. The molecule has 0 radical (unpaired) electrons. The van der Waals surface area contributed by atoms with Crippen LogP contribution in [0.15, 0.2) is 24.3 Å². The van der Waals surface area contributed by atoms with Crippen LogP contribution < -0.4 is 11.1 Å². The SMILES string of the molecule is CCC(N)CC(=O)N[C@@H](C)c1ccccc1Cl. The third kappa shape index (κ3) is 4.36. The fourth-order valence-electron chi connectivity index (χ4n) is 1.59. The van der Waals surface area contributed by atoms with Gasteiger partial charge in [0.15, 0.2) is 0 Å². The van der Waals surface area contributed by atoms with Crippen LogP contribution in [0.2, 0.25) is 5.02 Å². The first-order valence-electron chi connectivity index (χ1n) is 5.84. The van der Waals surface area contributed by atoms with Gasteiger partial charge in [-0.15, -0.1) is 0 Å². The number of hydrogen-bond acceptors (Lipinski definition) is 2. The fourth-order valence-corrected chi connectivity index (χ4v) is 1.89. The van der Waals surface area contributed by atoms with Crippen LogP contribution in [0.25, 0.3) is 0 Å². The molecule has 0 aliphatic rings. The van der Waals surface area contributed by atoms with E-state index in [1.807, 2.05) is 38.1 Å². The smallest absolute Gasteiger partial charge is 0.222 e. The van der Waals surface area contributed by atoms with Crippen molar-refractivity contribution in [1.82, 2.24) is 5.32 Å². The number of carbonyl (C=O) groups is 1. The highest BCUT2D eigenvalue weighted by molar-refractivity contribution is 6.31. The second kappa shape index (κ2) is 6.62. The molecule has 0 bridgehead atoms. The normalized spacial score (nSPS) is 14.1. The predicted octanol–water partition coefficient (Wildman–Crippen LogP) is 2.64. The highest BCUT2D eigenvalue weighted by Crippen LogP contribution is 2.22. The molecule has 17 heavy (non-hydrogen) atoms. The second-order valence-corrected chi connectivity index (χ2v) is 4.59. The lowest BCUT2D eigenvalue weighted by atomic mass is 10.1. The van der Waals surface area contributed by atoms with Crippen molar-refractivity contribution in [3.05, 3.63) is 34.9 Å². The minimum absolute atomic E-state index is 0.0354. The highest BCUT2D eigenvalue weighted by atomic mass is 35.5. The Hall–Kier alpha value is -1.06. The van der Waals surface area contributed by atoms with E-state index in [9.17, 15) is 4.79 Å². The fraction of sp³-hybridized carbons (Fsp3) is 0.462. The van der Waals surface area contributed by atoms with Crippen LogP contribution in [0, 0.1) is 0 Å². The molecule has 0 aromatic heterocycles. The standard InChI is InChI=1S/C13H19ClN2O/c1-3-10(15)8-13(17)16-9(2)11-6-4-5-7-12(11)14/h4-7,9-10H,3,8,15H2,1-2H3,(H,16,17)/t9-,10?/m0/s1. The summed E-state index contributed by atoms with van der Waals surface area (Å²) in [6.45, 7) is 3.88. The molecule has 3 nitrogen and oxygen atoms in total. The van der Waals surface area contributed by atoms with E-state index >= 15 is 0 Å². The van der Waals surface area contributed by atoms with Crippen molar-refractivity contribution in [2.24, 2.45) is 5.73 Å². The molecular weight excluding hydrogens is 236 g/mol. The average Bonchev–Trinajstić information content (AvgIpc) is 2.29. The number of nitrogens with two attached hydrogens (primary N) is 1. The van der Waals surface area contributed by atoms with Crippen LogP contribution in [-0.2, 0) is 4.79 Å². The van der Waals surface area contributed by atoms with Crippen LogP contribution in [0.4, 0.5) is 0 Å². The van der Waals surface area contributed by atoms with Gasteiger partial charge >= 0.3 is 0 Å². The second-order valence-electron chi connectivity index (χ2n) is 4.18. The Bertz CT molecular complexity index is 381. The molecule has 1 aromatic rings. The molecule has 0 heterocycles. The first-order chi connectivity index (χ1) is 8.04. The molecule has 1 aromatic carbocycles. The van der Waals surface area contributed by atoms with Crippen molar-refractivity contribution >= 4 is 17.5 Å². The summed E-state index contributed by atoms with van der Waals surface area (Å²) < 4.78 is 0. The van der Waals surface area contributed by atoms with Crippen molar-refractivity contribution in [3.63, 3.8) is 0 Å². The number of benzene rings is 1. The molecule has 0 saturated carbocycles. The predicted molar refractivity (Wildman–Crippen MR) is 70.9 cm³/mol. The lowest BCUT2D eigenvalue weighted by Crippen LogP contribution is -2.32. The van der Waals surface area contributed by atoms with Gasteiger partial charge in [0.25, 0.3) is 0 Å². The first kappa shape index (κ1) is 14.0. The Morgan fingerprint density at radius 1 is 1.47 bits per heavy atom. The van der Waals surface area contributed by atoms with E-state index in [1.165, 1.54) is 0 Å². The molecule has 0 spiro atoms. The summed E-state index contributed by atoms with van der Waals surface area (Å²) in [4.78, 5) is 11.7. The number of rotatable bonds is 5. The Morgan fingerprint density at radius 2 is 2.12 bits per heavy atom. The van der Waals surface area contributed by atoms with Crippen molar-refractivity contribution < 1.29 is 4.79 Å². The number of hydrogen-bond donors (Lipinski definition) is 2. The highest BCUT2D eigenvalue weighted by Gasteiger charge is 2.13. The van der Waals surface area contributed by atoms with Gasteiger partial charge < -0.3 is 11.1 Å². The largest absolute Gasteiger partial charge is 0.349 e. The molecule has 0 aliphatic carbocycles. The molecule has 94 valence electrons. The van der Waals surface area contributed by atoms with Gasteiger partial charge in [-0.25, -0.2) is 0 Å². The quantitative estimate of drug-likeness (QED) is 0.849. The zero-order chi connectivity index (χ0) is 12.8. The minimum Gasteiger partial charge on any atom is -0.349 e. The summed E-state index contributed by atoms with van der Waals surface area (Å²) in [7, 11) is 0. The van der Waals surface area contributed by atoms with Crippen LogP contribution in [0.3, 0.4) is 0 Å². The first-order valence-corrected chi connectivity index (χ1v) is 6.21. The van der Waals surface area contributed by atoms with E-state index in [4.69, 9.17) is 17.3 Å². The summed E-state index contributed by atoms with van der Waals surface area (Å²) in [5, 5.41) is 3.57. The van der Waals surface area contributed by atoms with Crippen molar-refractivity contribution in [3.8, 4) is 0 Å². The Balaban J connectivity index is 2.58. The molecule has 2 atom stereocenters. The van der Waals surface area contributed by atoms with E-state index in [-0.39, 0.29) is 18.0 Å². The van der Waals surface area contributed by atoms with Gasteiger partial charge in [-0.3, -0.25) is 4.79 Å². The van der Waals surface area contributed by atoms with Gasteiger partial charge in [0, 0.05) is 17.5 Å². The van der Waals surface area contributed by atoms with Gasteiger partial charge in [-0.1, -0.05) is 36.7 Å². The van der Waals surface area contributed by atoms with Crippen molar-refractivity contribution in [1.29, 1.82) is 0 Å². The van der Waals surface area contributed by atoms with Gasteiger partial charge in [0.1, 0.15) is 0 Å². The monoisotopic (exact) mass is 254 g/mol. The summed E-state index contributed by atoms with van der Waals surface area (Å²) in [6.07, 6.45) is 1.15. The maximum atomic E-state index is 11.7. The lowest BCUT2D eigenvalue weighted by molar-refractivity contribution is -0.122. The topological polar surface area (TPSA) is 55.1 Å². The Morgan fingerprint density at radius 3 is 2.71 bits per heavy atom. The molecule has 0 aliphatic heterocycles. The van der Waals surface area contributed by atoms with E-state index in [2.05, 4.69) is 5.32 Å². The zero-order valence-electron chi connectivity index (χ0n) is 10.2. The molecular formula is C13H19ClN2O. The van der Waals surface area contributed by atoms with E-state index in [0.29, 0.717) is 11.4 Å². The minimum atomic E-state index is -0.0970. The molecule has 0 saturated heterocycles. The lowest BCUT2D eigenvalue weighted by Gasteiger charge is -2.17. The molecule has 3 N–H and O–H groups in total. The summed E-state index contributed by atoms with van der Waals surface area (Å²) in [6, 6.07) is 7.33. The van der Waals surface area contributed by atoms with Gasteiger partial charge in [-0.2, -0.15) is 0 Å². The number of carbonyl (C=O) groups excluding carboxylic acids is 1. The number of nitrogens with one attached hydrogen (secondary N) is 1. The maximum Gasteiger partial charge on any atom is 0.222 e. The number of halogens is 1. The Labute approximate surface area is 107 Å². The summed E-state index contributed by atoms with van der Waals surface area (Å²) in [5.74, 6) is -0.0354. The van der Waals surface area contributed by atoms with Gasteiger partial charge in [0.05, 0.1) is 6.04 Å². The van der Waals surface area contributed by atoms with E-state index in [1.54, 1.807) is 0 Å². The number of amides is 1.